The Bertz CT molecular complexity index is 1050. The van der Waals surface area contributed by atoms with Crippen molar-refractivity contribution in [3.8, 4) is 5.75 Å². The number of hydrogen-bond donors (Lipinski definition) is 2. The van der Waals surface area contributed by atoms with Crippen LogP contribution in [0.5, 0.6) is 5.75 Å². The average molecular weight is 471 g/mol. The van der Waals surface area contributed by atoms with E-state index in [4.69, 9.17) is 21.1 Å². The third-order valence-electron chi connectivity index (χ3n) is 5.96. The number of piperazine rings is 1. The van der Waals surface area contributed by atoms with Gasteiger partial charge in [0.05, 0.1) is 36.5 Å². The highest BCUT2D eigenvalue weighted by Crippen LogP contribution is 2.30. The summed E-state index contributed by atoms with van der Waals surface area (Å²) in [5.41, 5.74) is 2.74. The Balaban J connectivity index is 1.54. The molecule has 0 aromatic heterocycles. The molecule has 2 amide bonds. The fraction of sp³-hybridized carbons (Fsp3) is 0.333. The van der Waals surface area contributed by atoms with Gasteiger partial charge in [0.25, 0.3) is 0 Å². The van der Waals surface area contributed by atoms with E-state index < -0.39 is 12.0 Å². The number of carbonyl (C=O) groups is 2. The van der Waals surface area contributed by atoms with E-state index in [9.17, 15) is 9.59 Å². The van der Waals surface area contributed by atoms with Crippen molar-refractivity contribution >= 4 is 29.3 Å². The number of nitrogens with one attached hydrogen (secondary N) is 2. The molecule has 33 heavy (non-hydrogen) atoms. The minimum Gasteiger partial charge on any atom is -0.497 e. The molecule has 0 unspecified atom stereocenters. The van der Waals surface area contributed by atoms with Crippen LogP contribution in [0.3, 0.4) is 0 Å². The summed E-state index contributed by atoms with van der Waals surface area (Å²) in [6.07, 6.45) is 0. The number of para-hydroxylation sites is 1. The SMILES string of the molecule is COC(=O)C1=C(CN2CCN(c3ccccc3Cl)CC2)NC(=O)N[C@@H]1c1ccc(OC)cc1. The topological polar surface area (TPSA) is 83.1 Å². The maximum absolute atomic E-state index is 12.8. The zero-order chi connectivity index (χ0) is 23.4. The van der Waals surface area contributed by atoms with Crippen LogP contribution < -0.4 is 20.3 Å². The van der Waals surface area contributed by atoms with Crippen LogP contribution in [0.15, 0.2) is 59.8 Å². The number of methoxy groups -OCH3 is 2. The average Bonchev–Trinajstić information content (AvgIpc) is 2.84. The van der Waals surface area contributed by atoms with Crippen molar-refractivity contribution in [1.82, 2.24) is 15.5 Å². The minimum atomic E-state index is -0.614. The van der Waals surface area contributed by atoms with Gasteiger partial charge in [0.1, 0.15) is 5.75 Å². The molecule has 8 nitrogen and oxygen atoms in total. The van der Waals surface area contributed by atoms with Crippen LogP contribution in [-0.2, 0) is 9.53 Å². The highest BCUT2D eigenvalue weighted by Gasteiger charge is 2.34. The normalized spacial score (nSPS) is 19.1. The maximum atomic E-state index is 12.8. The van der Waals surface area contributed by atoms with Crippen molar-refractivity contribution in [2.75, 3.05) is 51.8 Å². The summed E-state index contributed by atoms with van der Waals surface area (Å²) in [6.45, 7) is 3.54. The Kier molecular flexibility index (Phi) is 7.05. The van der Waals surface area contributed by atoms with Gasteiger partial charge in [-0.2, -0.15) is 0 Å². The monoisotopic (exact) mass is 470 g/mol. The van der Waals surface area contributed by atoms with E-state index in [1.54, 1.807) is 19.2 Å². The number of urea groups is 1. The van der Waals surface area contributed by atoms with Crippen molar-refractivity contribution in [2.24, 2.45) is 0 Å². The number of esters is 1. The van der Waals surface area contributed by atoms with E-state index in [-0.39, 0.29) is 6.03 Å². The first-order valence-electron chi connectivity index (χ1n) is 10.7. The van der Waals surface area contributed by atoms with Crippen LogP contribution in [0.1, 0.15) is 11.6 Å². The first kappa shape index (κ1) is 22.9. The van der Waals surface area contributed by atoms with E-state index in [1.165, 1.54) is 7.11 Å². The van der Waals surface area contributed by atoms with E-state index in [0.29, 0.717) is 23.6 Å². The summed E-state index contributed by atoms with van der Waals surface area (Å²) in [7, 11) is 2.93. The van der Waals surface area contributed by atoms with Crippen molar-refractivity contribution in [3.05, 3.63) is 70.4 Å². The zero-order valence-electron chi connectivity index (χ0n) is 18.6. The Hall–Kier alpha value is -3.23. The van der Waals surface area contributed by atoms with E-state index >= 15 is 0 Å². The highest BCUT2D eigenvalue weighted by molar-refractivity contribution is 6.33. The molecule has 0 aliphatic carbocycles. The molecular formula is C24H27ClN4O4. The van der Waals surface area contributed by atoms with Gasteiger partial charge in [0.15, 0.2) is 0 Å². The summed E-state index contributed by atoms with van der Waals surface area (Å²) >= 11 is 6.35. The number of benzene rings is 2. The van der Waals surface area contributed by atoms with Gasteiger partial charge in [-0.15, -0.1) is 0 Å². The third-order valence-corrected chi connectivity index (χ3v) is 6.27. The first-order valence-corrected chi connectivity index (χ1v) is 11.1. The number of halogens is 1. The Labute approximate surface area is 198 Å². The van der Waals surface area contributed by atoms with Crippen molar-refractivity contribution in [1.29, 1.82) is 0 Å². The van der Waals surface area contributed by atoms with Crippen molar-refractivity contribution < 1.29 is 19.1 Å². The standard InChI is InChI=1S/C24H27ClN4O4/c1-32-17-9-7-16(8-10-17)22-21(23(30)33-2)19(26-24(31)27-22)15-28-11-13-29(14-12-28)20-6-4-3-5-18(20)25/h3-10,22H,11-15H2,1-2H3,(H2,26,27,31)/t22-/m1/s1. The molecule has 2 aliphatic rings. The zero-order valence-corrected chi connectivity index (χ0v) is 19.4. The smallest absolute Gasteiger partial charge is 0.338 e. The lowest BCUT2D eigenvalue weighted by Gasteiger charge is -2.38. The fourth-order valence-electron chi connectivity index (χ4n) is 4.22. The number of carbonyl (C=O) groups excluding carboxylic acids is 2. The van der Waals surface area contributed by atoms with Gasteiger partial charge in [-0.05, 0) is 29.8 Å². The lowest BCUT2D eigenvalue weighted by molar-refractivity contribution is -0.136. The second-order valence-electron chi connectivity index (χ2n) is 7.90. The number of ether oxygens (including phenoxy) is 2. The summed E-state index contributed by atoms with van der Waals surface area (Å²) in [4.78, 5) is 29.7. The Morgan fingerprint density at radius 2 is 1.76 bits per heavy atom. The molecule has 1 fully saturated rings. The minimum absolute atomic E-state index is 0.354. The molecule has 1 atom stereocenters. The summed E-state index contributed by atoms with van der Waals surface area (Å²) in [6, 6.07) is 14.1. The van der Waals surface area contributed by atoms with E-state index in [0.717, 1.165) is 42.5 Å². The molecule has 2 N–H and O–H groups in total. The Morgan fingerprint density at radius 1 is 1.06 bits per heavy atom. The quantitative estimate of drug-likeness (QED) is 0.632. The second kappa shape index (κ2) is 10.1. The van der Waals surface area contributed by atoms with Crippen LogP contribution in [0, 0.1) is 0 Å². The van der Waals surface area contributed by atoms with Gasteiger partial charge in [-0.3, -0.25) is 4.90 Å². The predicted molar refractivity (Wildman–Crippen MR) is 127 cm³/mol. The van der Waals surface area contributed by atoms with E-state index in [1.807, 2.05) is 36.4 Å². The molecule has 174 valence electrons. The van der Waals surface area contributed by atoms with Crippen LogP contribution in [0.25, 0.3) is 0 Å². The van der Waals surface area contributed by atoms with Gasteiger partial charge < -0.3 is 25.0 Å². The fourth-order valence-corrected chi connectivity index (χ4v) is 4.47. The molecule has 4 rings (SSSR count). The third kappa shape index (κ3) is 5.07. The second-order valence-corrected chi connectivity index (χ2v) is 8.31. The maximum Gasteiger partial charge on any atom is 0.338 e. The lowest BCUT2D eigenvalue weighted by Crippen LogP contribution is -2.51. The highest BCUT2D eigenvalue weighted by atomic mass is 35.5. The number of hydrogen-bond acceptors (Lipinski definition) is 6. The van der Waals surface area contributed by atoms with Gasteiger partial charge in [-0.1, -0.05) is 35.9 Å². The molecule has 2 heterocycles. The number of anilines is 1. The summed E-state index contributed by atoms with van der Waals surface area (Å²) in [5, 5.41) is 6.41. The van der Waals surface area contributed by atoms with Gasteiger partial charge in [0, 0.05) is 38.4 Å². The molecule has 9 heteroatoms. The van der Waals surface area contributed by atoms with Crippen LogP contribution in [0.4, 0.5) is 10.5 Å². The number of nitrogens with zero attached hydrogens (tertiary/aromatic N) is 2. The number of rotatable bonds is 6. The molecule has 0 saturated carbocycles. The molecule has 0 bridgehead atoms. The molecule has 1 saturated heterocycles. The largest absolute Gasteiger partial charge is 0.497 e. The van der Waals surface area contributed by atoms with Gasteiger partial charge in [-0.25, -0.2) is 9.59 Å². The summed E-state index contributed by atoms with van der Waals surface area (Å²) in [5.74, 6) is 0.215. The molecule has 2 aromatic rings. The molecule has 2 aromatic carbocycles. The van der Waals surface area contributed by atoms with Crippen molar-refractivity contribution in [2.45, 2.75) is 6.04 Å². The number of amides is 2. The van der Waals surface area contributed by atoms with E-state index in [2.05, 4.69) is 20.4 Å². The van der Waals surface area contributed by atoms with Crippen molar-refractivity contribution in [3.63, 3.8) is 0 Å². The van der Waals surface area contributed by atoms with Gasteiger partial charge >= 0.3 is 12.0 Å². The lowest BCUT2D eigenvalue weighted by atomic mass is 9.95. The molecule has 0 spiro atoms. The Morgan fingerprint density at radius 3 is 2.39 bits per heavy atom. The molecule has 0 radical (unpaired) electrons. The first-order chi connectivity index (χ1) is 16.0. The summed E-state index contributed by atoms with van der Waals surface area (Å²) < 4.78 is 10.3. The molecule has 2 aliphatic heterocycles. The van der Waals surface area contributed by atoms with Crippen LogP contribution >= 0.6 is 11.6 Å². The predicted octanol–water partition coefficient (Wildman–Crippen LogP) is 2.95. The van der Waals surface area contributed by atoms with Crippen LogP contribution in [0.2, 0.25) is 5.02 Å². The van der Waals surface area contributed by atoms with Gasteiger partial charge in [0.2, 0.25) is 0 Å². The molecular weight excluding hydrogens is 444 g/mol. The van der Waals surface area contributed by atoms with Crippen LogP contribution in [-0.4, -0.2) is 63.8 Å².